The third kappa shape index (κ3) is 3.39. The number of hydrogen-bond acceptors (Lipinski definition) is 3. The second-order valence-electron chi connectivity index (χ2n) is 4.36. The molecule has 0 radical (unpaired) electrons. The molecule has 3 atom stereocenters. The van der Waals surface area contributed by atoms with Crippen molar-refractivity contribution in [2.45, 2.75) is 64.1 Å². The van der Waals surface area contributed by atoms with E-state index in [2.05, 4.69) is 19.2 Å². The Hall–Kier alpha value is -0.410. The van der Waals surface area contributed by atoms with Crippen LogP contribution >= 0.6 is 0 Å². The SMILES string of the molecule is CCC(N)C(C)NC1CCCC(=O)C1. The van der Waals surface area contributed by atoms with Crippen LogP contribution in [0.3, 0.4) is 0 Å². The van der Waals surface area contributed by atoms with Gasteiger partial charge in [-0.2, -0.15) is 0 Å². The van der Waals surface area contributed by atoms with Gasteiger partial charge in [0.1, 0.15) is 5.78 Å². The topological polar surface area (TPSA) is 55.1 Å². The van der Waals surface area contributed by atoms with Crippen molar-refractivity contribution in [3.63, 3.8) is 0 Å². The summed E-state index contributed by atoms with van der Waals surface area (Å²) in [5.74, 6) is 0.394. The summed E-state index contributed by atoms with van der Waals surface area (Å²) in [4.78, 5) is 11.2. The molecule has 1 saturated carbocycles. The first-order valence-corrected chi connectivity index (χ1v) is 5.66. The maximum atomic E-state index is 11.2. The molecule has 0 amide bonds. The monoisotopic (exact) mass is 198 g/mol. The molecular formula is C11H22N2O. The molecule has 3 nitrogen and oxygen atoms in total. The average Bonchev–Trinajstić information content (AvgIpc) is 2.16. The Kier molecular flexibility index (Phi) is 4.55. The largest absolute Gasteiger partial charge is 0.326 e. The smallest absolute Gasteiger partial charge is 0.134 e. The predicted molar refractivity (Wildman–Crippen MR) is 58.1 cm³/mol. The molecule has 14 heavy (non-hydrogen) atoms. The molecule has 0 aromatic rings. The number of Topliss-reactive ketones (excluding diaryl/α,β-unsaturated/α-hetero) is 1. The van der Waals surface area contributed by atoms with Crippen LogP contribution in [0.4, 0.5) is 0 Å². The molecule has 1 aliphatic rings. The van der Waals surface area contributed by atoms with Crippen LogP contribution in [-0.4, -0.2) is 23.9 Å². The van der Waals surface area contributed by atoms with Gasteiger partial charge in [-0.15, -0.1) is 0 Å². The highest BCUT2D eigenvalue weighted by Crippen LogP contribution is 2.15. The molecule has 3 heteroatoms. The first kappa shape index (κ1) is 11.7. The molecule has 0 bridgehead atoms. The Bertz CT molecular complexity index is 194. The summed E-state index contributed by atoms with van der Waals surface area (Å²) in [6, 6.07) is 0.881. The van der Waals surface area contributed by atoms with Crippen LogP contribution < -0.4 is 11.1 Å². The van der Waals surface area contributed by atoms with Crippen molar-refractivity contribution in [3.8, 4) is 0 Å². The van der Waals surface area contributed by atoms with Gasteiger partial charge in [0.25, 0.3) is 0 Å². The lowest BCUT2D eigenvalue weighted by molar-refractivity contribution is -0.120. The van der Waals surface area contributed by atoms with Crippen molar-refractivity contribution in [1.29, 1.82) is 0 Å². The summed E-state index contributed by atoms with van der Waals surface area (Å²) < 4.78 is 0. The Morgan fingerprint density at radius 3 is 2.93 bits per heavy atom. The number of nitrogens with one attached hydrogen (secondary N) is 1. The fraction of sp³-hybridized carbons (Fsp3) is 0.909. The van der Waals surface area contributed by atoms with Crippen LogP contribution in [0.25, 0.3) is 0 Å². The van der Waals surface area contributed by atoms with E-state index >= 15 is 0 Å². The summed E-state index contributed by atoms with van der Waals surface area (Å²) in [6.07, 6.45) is 4.60. The number of rotatable bonds is 4. The highest BCUT2D eigenvalue weighted by Gasteiger charge is 2.22. The van der Waals surface area contributed by atoms with Gasteiger partial charge in [0.2, 0.25) is 0 Å². The van der Waals surface area contributed by atoms with Crippen molar-refractivity contribution in [3.05, 3.63) is 0 Å². The molecule has 1 aliphatic carbocycles. The van der Waals surface area contributed by atoms with Crippen molar-refractivity contribution in [2.75, 3.05) is 0 Å². The van der Waals surface area contributed by atoms with Gasteiger partial charge >= 0.3 is 0 Å². The first-order chi connectivity index (χ1) is 6.63. The van der Waals surface area contributed by atoms with Crippen LogP contribution in [0.1, 0.15) is 46.0 Å². The molecule has 0 aromatic carbocycles. The van der Waals surface area contributed by atoms with Crippen LogP contribution in [0.5, 0.6) is 0 Å². The molecule has 3 unspecified atom stereocenters. The van der Waals surface area contributed by atoms with E-state index in [1.54, 1.807) is 0 Å². The van der Waals surface area contributed by atoms with Gasteiger partial charge in [-0.1, -0.05) is 6.92 Å². The van der Waals surface area contributed by atoms with Gasteiger partial charge in [-0.05, 0) is 26.2 Å². The summed E-state index contributed by atoms with van der Waals surface area (Å²) in [6.45, 7) is 4.20. The third-order valence-electron chi connectivity index (χ3n) is 3.09. The molecule has 0 spiro atoms. The highest BCUT2D eigenvalue weighted by molar-refractivity contribution is 5.79. The maximum Gasteiger partial charge on any atom is 0.134 e. The van der Waals surface area contributed by atoms with E-state index in [0.717, 1.165) is 25.7 Å². The molecule has 1 fully saturated rings. The Balaban J connectivity index is 2.32. The molecule has 0 aromatic heterocycles. The van der Waals surface area contributed by atoms with Gasteiger partial charge in [0.15, 0.2) is 0 Å². The van der Waals surface area contributed by atoms with Crippen molar-refractivity contribution in [2.24, 2.45) is 5.73 Å². The standard InChI is InChI=1S/C11H22N2O/c1-3-11(12)8(2)13-9-5-4-6-10(14)7-9/h8-9,11,13H,3-7,12H2,1-2H3. The molecule has 0 saturated heterocycles. The molecule has 3 N–H and O–H groups in total. The predicted octanol–water partition coefficient (Wildman–Crippen LogP) is 1.21. The second kappa shape index (κ2) is 5.47. The molecule has 1 rings (SSSR count). The summed E-state index contributed by atoms with van der Waals surface area (Å²) in [7, 11) is 0. The van der Waals surface area contributed by atoms with E-state index in [-0.39, 0.29) is 6.04 Å². The first-order valence-electron chi connectivity index (χ1n) is 5.66. The van der Waals surface area contributed by atoms with Gasteiger partial charge < -0.3 is 11.1 Å². The van der Waals surface area contributed by atoms with Crippen molar-refractivity contribution in [1.82, 2.24) is 5.32 Å². The Morgan fingerprint density at radius 2 is 2.36 bits per heavy atom. The second-order valence-corrected chi connectivity index (χ2v) is 4.36. The van der Waals surface area contributed by atoms with E-state index in [0.29, 0.717) is 24.3 Å². The maximum absolute atomic E-state index is 11.2. The average molecular weight is 198 g/mol. The number of ketones is 1. The Labute approximate surface area is 86.4 Å². The molecule has 0 aliphatic heterocycles. The normalized spacial score (nSPS) is 27.4. The van der Waals surface area contributed by atoms with Crippen LogP contribution in [0, 0.1) is 0 Å². The zero-order valence-electron chi connectivity index (χ0n) is 9.25. The molecule has 82 valence electrons. The minimum absolute atomic E-state index is 0.201. The number of carbonyl (C=O) groups is 1. The lowest BCUT2D eigenvalue weighted by atomic mass is 9.93. The fourth-order valence-corrected chi connectivity index (χ4v) is 2.02. The van der Waals surface area contributed by atoms with Gasteiger partial charge in [0, 0.05) is 31.0 Å². The minimum Gasteiger partial charge on any atom is -0.326 e. The van der Waals surface area contributed by atoms with E-state index in [9.17, 15) is 4.79 Å². The van der Waals surface area contributed by atoms with E-state index in [1.807, 2.05) is 0 Å². The number of hydrogen-bond donors (Lipinski definition) is 2. The zero-order valence-corrected chi connectivity index (χ0v) is 9.25. The van der Waals surface area contributed by atoms with Crippen molar-refractivity contribution >= 4 is 5.78 Å². The van der Waals surface area contributed by atoms with Crippen LogP contribution in [0.2, 0.25) is 0 Å². The molecular weight excluding hydrogens is 176 g/mol. The minimum atomic E-state index is 0.201. The van der Waals surface area contributed by atoms with E-state index in [4.69, 9.17) is 5.73 Å². The lowest BCUT2D eigenvalue weighted by Gasteiger charge is -2.28. The van der Waals surface area contributed by atoms with Gasteiger partial charge in [-0.3, -0.25) is 4.79 Å². The highest BCUT2D eigenvalue weighted by atomic mass is 16.1. The van der Waals surface area contributed by atoms with Crippen LogP contribution in [-0.2, 0) is 4.79 Å². The fourth-order valence-electron chi connectivity index (χ4n) is 2.02. The van der Waals surface area contributed by atoms with Crippen LogP contribution in [0.15, 0.2) is 0 Å². The summed E-state index contributed by atoms with van der Waals surface area (Å²) in [5, 5.41) is 3.45. The van der Waals surface area contributed by atoms with E-state index < -0.39 is 0 Å². The van der Waals surface area contributed by atoms with Gasteiger partial charge in [-0.25, -0.2) is 0 Å². The summed E-state index contributed by atoms with van der Waals surface area (Å²) in [5.41, 5.74) is 5.92. The lowest BCUT2D eigenvalue weighted by Crippen LogP contribution is -2.48. The number of carbonyl (C=O) groups excluding carboxylic acids is 1. The molecule has 0 heterocycles. The Morgan fingerprint density at radius 1 is 1.64 bits per heavy atom. The van der Waals surface area contributed by atoms with Gasteiger partial charge in [0.05, 0.1) is 0 Å². The zero-order chi connectivity index (χ0) is 10.6. The summed E-state index contributed by atoms with van der Waals surface area (Å²) >= 11 is 0. The van der Waals surface area contributed by atoms with Crippen molar-refractivity contribution < 1.29 is 4.79 Å². The quantitative estimate of drug-likeness (QED) is 0.714. The third-order valence-corrected chi connectivity index (χ3v) is 3.09. The van der Waals surface area contributed by atoms with E-state index in [1.165, 1.54) is 0 Å². The number of nitrogens with two attached hydrogens (primary N) is 1.